The summed E-state index contributed by atoms with van der Waals surface area (Å²) in [6.45, 7) is 5.65. The van der Waals surface area contributed by atoms with Crippen molar-refractivity contribution in [2.45, 2.75) is 20.3 Å². The molecule has 3 heteroatoms. The summed E-state index contributed by atoms with van der Waals surface area (Å²) in [5, 5.41) is 22.0. The van der Waals surface area contributed by atoms with Crippen molar-refractivity contribution in [3.63, 3.8) is 0 Å². The highest BCUT2D eigenvalue weighted by Gasteiger charge is 2.14. The number of aliphatic hydroxyl groups is 1. The summed E-state index contributed by atoms with van der Waals surface area (Å²) in [7, 11) is 0. The molecule has 0 amide bonds. The molecule has 0 heterocycles. The van der Waals surface area contributed by atoms with Gasteiger partial charge in [-0.3, -0.25) is 0 Å². The first-order chi connectivity index (χ1) is 5.12. The quantitative estimate of drug-likeness (QED) is 0.553. The lowest BCUT2D eigenvalue weighted by Crippen LogP contribution is -2.32. The Labute approximate surface area is 68.4 Å². The number of hydrogen-bond acceptors (Lipinski definition) is 2. The van der Waals surface area contributed by atoms with Crippen LogP contribution in [0.1, 0.15) is 20.3 Å². The minimum atomic E-state index is -0.0666. The highest BCUT2D eigenvalue weighted by Crippen LogP contribution is 2.10. The van der Waals surface area contributed by atoms with Crippen LogP contribution in [0.15, 0.2) is 0 Å². The summed E-state index contributed by atoms with van der Waals surface area (Å²) < 4.78 is 0. The third kappa shape index (κ3) is 6.28. The molecule has 67 valence electrons. The molecule has 0 aromatic carbocycles. The molecular weight excluding hydrogens is 142 g/mol. The second-order valence-electron chi connectivity index (χ2n) is 3.56. The molecule has 0 bridgehead atoms. The van der Waals surface area contributed by atoms with Crippen LogP contribution in [0, 0.1) is 5.41 Å². The van der Waals surface area contributed by atoms with Gasteiger partial charge >= 0.3 is 0 Å². The lowest BCUT2D eigenvalue weighted by molar-refractivity contribution is 0.153. The molecule has 3 nitrogen and oxygen atoms in total. The first-order valence-corrected chi connectivity index (χ1v) is 4.02. The van der Waals surface area contributed by atoms with Gasteiger partial charge in [-0.25, -0.2) is 5.11 Å². The Morgan fingerprint density at radius 3 is 2.55 bits per heavy atom. The van der Waals surface area contributed by atoms with Crippen LogP contribution in [0.2, 0.25) is 0 Å². The van der Waals surface area contributed by atoms with Crippen molar-refractivity contribution in [1.82, 2.24) is 5.32 Å². The van der Waals surface area contributed by atoms with Crippen molar-refractivity contribution < 1.29 is 10.2 Å². The van der Waals surface area contributed by atoms with Crippen LogP contribution < -0.4 is 5.32 Å². The number of hydrogen-bond donors (Lipinski definition) is 2. The van der Waals surface area contributed by atoms with Gasteiger partial charge in [-0.05, 0) is 13.0 Å². The fourth-order valence-corrected chi connectivity index (χ4v) is 0.680. The van der Waals surface area contributed by atoms with Crippen LogP contribution in [0.3, 0.4) is 0 Å². The van der Waals surface area contributed by atoms with Crippen LogP contribution in [0.4, 0.5) is 0 Å². The zero-order valence-electron chi connectivity index (χ0n) is 7.39. The largest absolute Gasteiger partial charge is 0.396 e. The van der Waals surface area contributed by atoms with E-state index in [4.69, 9.17) is 5.11 Å². The van der Waals surface area contributed by atoms with Gasteiger partial charge in [0.15, 0.2) is 0 Å². The molecule has 0 aromatic rings. The van der Waals surface area contributed by atoms with Crippen LogP contribution in [0.5, 0.6) is 0 Å². The summed E-state index contributed by atoms with van der Waals surface area (Å²) in [4.78, 5) is 0. The monoisotopic (exact) mass is 160 g/mol. The first-order valence-electron chi connectivity index (χ1n) is 4.02. The van der Waals surface area contributed by atoms with E-state index in [0.717, 1.165) is 13.1 Å². The number of nitrogens with one attached hydrogen (secondary N) is 1. The fraction of sp³-hybridized carbons (Fsp3) is 1.00. The summed E-state index contributed by atoms with van der Waals surface area (Å²) in [5.41, 5.74) is -0.0666. The van der Waals surface area contributed by atoms with Gasteiger partial charge in [0.05, 0.1) is 6.61 Å². The van der Waals surface area contributed by atoms with E-state index >= 15 is 0 Å². The molecule has 2 N–H and O–H groups in total. The minimum Gasteiger partial charge on any atom is -0.396 e. The van der Waals surface area contributed by atoms with E-state index in [0.29, 0.717) is 6.42 Å². The summed E-state index contributed by atoms with van der Waals surface area (Å²) >= 11 is 0. The van der Waals surface area contributed by atoms with E-state index < -0.39 is 0 Å². The van der Waals surface area contributed by atoms with E-state index in [1.807, 2.05) is 13.8 Å². The molecular formula is C8H18NO2. The van der Waals surface area contributed by atoms with E-state index in [9.17, 15) is 5.11 Å². The summed E-state index contributed by atoms with van der Waals surface area (Å²) in [5.74, 6) is 0. The Kier molecular flexibility index (Phi) is 5.46. The van der Waals surface area contributed by atoms with Crippen molar-refractivity contribution in [3.05, 3.63) is 0 Å². The second kappa shape index (κ2) is 5.52. The van der Waals surface area contributed by atoms with Gasteiger partial charge in [-0.1, -0.05) is 13.8 Å². The van der Waals surface area contributed by atoms with Crippen LogP contribution in [-0.4, -0.2) is 31.4 Å². The molecule has 0 rings (SSSR count). The maximum absolute atomic E-state index is 10.0. The molecule has 0 aliphatic carbocycles. The summed E-state index contributed by atoms with van der Waals surface area (Å²) in [6, 6.07) is 0. The second-order valence-corrected chi connectivity index (χ2v) is 3.56. The summed E-state index contributed by atoms with van der Waals surface area (Å²) in [6.07, 6.45) is 0.668. The van der Waals surface area contributed by atoms with E-state index in [1.165, 1.54) is 0 Å². The average Bonchev–Trinajstić information content (AvgIpc) is 1.99. The van der Waals surface area contributed by atoms with Crippen LogP contribution in [-0.2, 0) is 5.11 Å². The maximum atomic E-state index is 10.0. The molecule has 1 radical (unpaired) electrons. The molecule has 11 heavy (non-hydrogen) atoms. The molecule has 0 unspecified atom stereocenters. The van der Waals surface area contributed by atoms with E-state index in [-0.39, 0.29) is 18.6 Å². The molecule has 0 atom stereocenters. The zero-order chi connectivity index (χ0) is 8.74. The van der Waals surface area contributed by atoms with Crippen molar-refractivity contribution in [3.8, 4) is 0 Å². The van der Waals surface area contributed by atoms with Crippen molar-refractivity contribution >= 4 is 0 Å². The average molecular weight is 160 g/mol. The molecule has 0 aliphatic rings. The molecule has 0 fully saturated rings. The standard InChI is InChI=1S/C8H18NO2/c1-8(2,7-11)6-9-4-3-5-10/h9,11H,3-7H2,1-2H3. The third-order valence-electron chi connectivity index (χ3n) is 1.53. The normalized spacial score (nSPS) is 12.0. The Bertz CT molecular complexity index is 94.1. The molecule has 0 aromatic heterocycles. The number of rotatable bonds is 6. The van der Waals surface area contributed by atoms with Crippen molar-refractivity contribution in [1.29, 1.82) is 0 Å². The van der Waals surface area contributed by atoms with Crippen molar-refractivity contribution in [2.75, 3.05) is 26.3 Å². The van der Waals surface area contributed by atoms with Crippen LogP contribution in [0.25, 0.3) is 0 Å². The van der Waals surface area contributed by atoms with Gasteiger partial charge < -0.3 is 10.4 Å². The first kappa shape index (κ1) is 10.9. The maximum Gasteiger partial charge on any atom is 0.0834 e. The van der Waals surface area contributed by atoms with Gasteiger partial charge in [0.25, 0.3) is 0 Å². The van der Waals surface area contributed by atoms with Gasteiger partial charge in [0.1, 0.15) is 0 Å². The zero-order valence-corrected chi connectivity index (χ0v) is 7.39. The highest BCUT2D eigenvalue weighted by atomic mass is 16.3. The minimum absolute atomic E-state index is 0.0213. The highest BCUT2D eigenvalue weighted by molar-refractivity contribution is 4.69. The Morgan fingerprint density at radius 2 is 2.09 bits per heavy atom. The Hall–Kier alpha value is -0.120. The van der Waals surface area contributed by atoms with Crippen LogP contribution >= 0.6 is 0 Å². The lowest BCUT2D eigenvalue weighted by atomic mass is 9.95. The predicted molar refractivity (Wildman–Crippen MR) is 43.9 cm³/mol. The third-order valence-corrected chi connectivity index (χ3v) is 1.53. The Morgan fingerprint density at radius 1 is 1.45 bits per heavy atom. The van der Waals surface area contributed by atoms with Gasteiger partial charge in [-0.2, -0.15) is 0 Å². The molecule has 0 aliphatic heterocycles. The topological polar surface area (TPSA) is 52.2 Å². The molecule has 0 saturated carbocycles. The van der Waals surface area contributed by atoms with E-state index in [1.54, 1.807) is 0 Å². The SMILES string of the molecule is CC(C)(CO)CNCCC[O]. The Balaban J connectivity index is 3.23. The smallest absolute Gasteiger partial charge is 0.0834 e. The molecule has 0 spiro atoms. The van der Waals surface area contributed by atoms with Gasteiger partial charge in [0, 0.05) is 18.6 Å². The lowest BCUT2D eigenvalue weighted by Gasteiger charge is -2.21. The van der Waals surface area contributed by atoms with E-state index in [2.05, 4.69) is 5.32 Å². The van der Waals surface area contributed by atoms with Crippen molar-refractivity contribution in [2.24, 2.45) is 5.41 Å². The molecule has 0 saturated heterocycles. The number of aliphatic hydroxyl groups excluding tert-OH is 1. The van der Waals surface area contributed by atoms with Gasteiger partial charge in [0.2, 0.25) is 0 Å². The predicted octanol–water partition coefficient (Wildman–Crippen LogP) is 0.415. The fourth-order valence-electron chi connectivity index (χ4n) is 0.680. The van der Waals surface area contributed by atoms with Gasteiger partial charge in [-0.15, -0.1) is 0 Å².